The van der Waals surface area contributed by atoms with Gasteiger partial charge < -0.3 is 19.6 Å². The minimum Gasteiger partial charge on any atom is -0.394 e. The molecule has 3 atom stereocenters. The van der Waals surface area contributed by atoms with Crippen LogP contribution in [0.5, 0.6) is 0 Å². The van der Waals surface area contributed by atoms with Crippen molar-refractivity contribution in [2.24, 2.45) is 11.8 Å². The summed E-state index contributed by atoms with van der Waals surface area (Å²) in [6, 6.07) is -0.194. The number of likely N-dealkylation sites (N-methyl/N-ethyl adjacent to an activating group) is 1. The molecular weight excluding hydrogens is 394 g/mol. The van der Waals surface area contributed by atoms with Crippen LogP contribution in [-0.4, -0.2) is 81.2 Å². The molecule has 0 unspecified atom stereocenters. The Balaban J connectivity index is 1.72. The van der Waals surface area contributed by atoms with Gasteiger partial charge >= 0.3 is 0 Å². The van der Waals surface area contributed by atoms with Crippen LogP contribution >= 0.6 is 0 Å². The highest BCUT2D eigenvalue weighted by Gasteiger charge is 2.28. The summed E-state index contributed by atoms with van der Waals surface area (Å²) in [5.74, 6) is 1.01. The summed E-state index contributed by atoms with van der Waals surface area (Å²) in [6.45, 7) is 7.69. The van der Waals surface area contributed by atoms with Crippen molar-refractivity contribution >= 4 is 5.91 Å². The summed E-state index contributed by atoms with van der Waals surface area (Å²) >= 11 is 0. The third-order valence-electron chi connectivity index (χ3n) is 6.93. The van der Waals surface area contributed by atoms with Crippen LogP contribution in [0.1, 0.15) is 64.5 Å². The molecule has 176 valence electrons. The fraction of sp³-hybridized carbons (Fsp3) is 0.870. The summed E-state index contributed by atoms with van der Waals surface area (Å²) in [6.07, 6.45) is 9.62. The Morgan fingerprint density at radius 2 is 2.03 bits per heavy atom. The van der Waals surface area contributed by atoms with Crippen molar-refractivity contribution in [2.45, 2.75) is 84.1 Å². The largest absolute Gasteiger partial charge is 0.394 e. The summed E-state index contributed by atoms with van der Waals surface area (Å²) in [5.41, 5.74) is 0.959. The lowest BCUT2D eigenvalue weighted by Gasteiger charge is -2.36. The molecule has 0 spiro atoms. The summed E-state index contributed by atoms with van der Waals surface area (Å²) in [4.78, 5) is 17.2. The lowest BCUT2D eigenvalue weighted by molar-refractivity contribution is -0.136. The fourth-order valence-electron chi connectivity index (χ4n) is 4.94. The van der Waals surface area contributed by atoms with E-state index >= 15 is 0 Å². The molecule has 0 radical (unpaired) electrons. The number of aliphatic hydroxyl groups excluding tert-OH is 1. The number of carbonyl (C=O) groups is 1. The summed E-state index contributed by atoms with van der Waals surface area (Å²) < 4.78 is 8.28. The van der Waals surface area contributed by atoms with Gasteiger partial charge in [0.1, 0.15) is 0 Å². The number of aliphatic hydroxyl groups is 1. The number of carbonyl (C=O) groups excluding carboxylic acids is 1. The van der Waals surface area contributed by atoms with Gasteiger partial charge in [-0.05, 0) is 39.2 Å². The standard InChI is InChI=1S/C23H41N5O3/c1-18-13-27(19(2)16-29)23(30)10-7-11-28-21(12-24-25-28)17-31-22(18)15-26(3)14-20-8-5-4-6-9-20/h12,18-20,22,29H,4-11,13-17H2,1-3H3/t18-,19-,22+/m1/s1. The van der Waals surface area contributed by atoms with Crippen LogP contribution in [0.15, 0.2) is 6.20 Å². The number of hydrogen-bond acceptors (Lipinski definition) is 6. The van der Waals surface area contributed by atoms with E-state index in [1.54, 1.807) is 6.20 Å². The van der Waals surface area contributed by atoms with Crippen molar-refractivity contribution in [2.75, 3.05) is 33.3 Å². The monoisotopic (exact) mass is 435 g/mol. The zero-order chi connectivity index (χ0) is 22.2. The van der Waals surface area contributed by atoms with Crippen LogP contribution < -0.4 is 0 Å². The zero-order valence-electron chi connectivity index (χ0n) is 19.6. The quantitative estimate of drug-likeness (QED) is 0.738. The van der Waals surface area contributed by atoms with Crippen LogP contribution in [-0.2, 0) is 22.7 Å². The van der Waals surface area contributed by atoms with E-state index in [0.717, 1.165) is 24.7 Å². The number of amides is 1. The van der Waals surface area contributed by atoms with E-state index in [0.29, 0.717) is 32.5 Å². The lowest BCUT2D eigenvalue weighted by Crippen LogP contribution is -2.47. The topological polar surface area (TPSA) is 83.7 Å². The molecule has 1 N–H and O–H groups in total. The van der Waals surface area contributed by atoms with Crippen molar-refractivity contribution in [3.63, 3.8) is 0 Å². The minimum absolute atomic E-state index is 0.0161. The average molecular weight is 436 g/mol. The molecule has 0 bridgehead atoms. The van der Waals surface area contributed by atoms with Gasteiger partial charge in [0, 0.05) is 38.5 Å². The first-order valence-electron chi connectivity index (χ1n) is 12.1. The van der Waals surface area contributed by atoms with Gasteiger partial charge in [-0.1, -0.05) is 31.4 Å². The van der Waals surface area contributed by atoms with E-state index in [4.69, 9.17) is 4.74 Å². The number of aryl methyl sites for hydroxylation is 1. The number of hydrogen-bond donors (Lipinski definition) is 1. The first kappa shape index (κ1) is 24.1. The highest BCUT2D eigenvalue weighted by Crippen LogP contribution is 2.25. The Morgan fingerprint density at radius 1 is 1.26 bits per heavy atom. The molecule has 1 aromatic heterocycles. The molecule has 1 fully saturated rings. The van der Waals surface area contributed by atoms with E-state index in [1.807, 2.05) is 16.5 Å². The first-order chi connectivity index (χ1) is 15.0. The number of ether oxygens (including phenoxy) is 1. The second-order valence-corrected chi connectivity index (χ2v) is 9.68. The van der Waals surface area contributed by atoms with Gasteiger partial charge in [-0.2, -0.15) is 0 Å². The lowest BCUT2D eigenvalue weighted by atomic mass is 9.89. The summed E-state index contributed by atoms with van der Waals surface area (Å²) in [5, 5.41) is 17.9. The fourth-order valence-corrected chi connectivity index (χ4v) is 4.94. The van der Waals surface area contributed by atoms with Gasteiger partial charge in [0.25, 0.3) is 0 Å². The minimum atomic E-state index is -0.194. The Hall–Kier alpha value is -1.51. The van der Waals surface area contributed by atoms with E-state index in [-0.39, 0.29) is 30.6 Å². The van der Waals surface area contributed by atoms with Gasteiger partial charge in [0.15, 0.2) is 0 Å². The van der Waals surface area contributed by atoms with Crippen molar-refractivity contribution < 1.29 is 14.6 Å². The highest BCUT2D eigenvalue weighted by molar-refractivity contribution is 5.76. The molecule has 2 aliphatic rings. The van der Waals surface area contributed by atoms with Crippen molar-refractivity contribution in [3.8, 4) is 0 Å². The van der Waals surface area contributed by atoms with Crippen LogP contribution in [0.25, 0.3) is 0 Å². The second-order valence-electron chi connectivity index (χ2n) is 9.68. The van der Waals surface area contributed by atoms with E-state index in [1.165, 1.54) is 32.1 Å². The molecule has 2 heterocycles. The maximum Gasteiger partial charge on any atom is 0.222 e. The summed E-state index contributed by atoms with van der Waals surface area (Å²) in [7, 11) is 2.19. The van der Waals surface area contributed by atoms with Crippen molar-refractivity contribution in [1.82, 2.24) is 24.8 Å². The molecule has 1 amide bonds. The molecule has 1 aromatic rings. The van der Waals surface area contributed by atoms with Gasteiger partial charge in [0.05, 0.1) is 37.3 Å². The van der Waals surface area contributed by atoms with Crippen LogP contribution in [0.4, 0.5) is 0 Å². The van der Waals surface area contributed by atoms with E-state index in [9.17, 15) is 9.90 Å². The van der Waals surface area contributed by atoms with Gasteiger partial charge in [-0.3, -0.25) is 4.79 Å². The molecule has 1 aliphatic heterocycles. The normalized spacial score (nSPS) is 25.7. The van der Waals surface area contributed by atoms with Crippen LogP contribution in [0.2, 0.25) is 0 Å². The third-order valence-corrected chi connectivity index (χ3v) is 6.93. The Bertz CT molecular complexity index is 676. The highest BCUT2D eigenvalue weighted by atomic mass is 16.5. The molecule has 1 saturated carbocycles. The number of nitrogens with zero attached hydrogens (tertiary/aromatic N) is 5. The zero-order valence-corrected chi connectivity index (χ0v) is 19.6. The number of fused-ring (bicyclic) bond motifs is 1. The molecule has 0 saturated heterocycles. The van der Waals surface area contributed by atoms with Crippen LogP contribution in [0.3, 0.4) is 0 Å². The SMILES string of the molecule is C[C@@H]1CN([C@H](C)CO)C(=O)CCCn2nncc2CO[C@H]1CN(C)CC1CCCCC1. The molecule has 8 nitrogen and oxygen atoms in total. The molecule has 1 aliphatic carbocycles. The predicted molar refractivity (Wildman–Crippen MR) is 119 cm³/mol. The maximum atomic E-state index is 12.9. The average Bonchev–Trinajstić information content (AvgIpc) is 3.21. The van der Waals surface area contributed by atoms with E-state index in [2.05, 4.69) is 29.2 Å². The molecule has 31 heavy (non-hydrogen) atoms. The second kappa shape index (κ2) is 11.9. The Labute approximate surface area is 186 Å². The van der Waals surface area contributed by atoms with E-state index < -0.39 is 0 Å². The first-order valence-corrected chi connectivity index (χ1v) is 12.1. The smallest absolute Gasteiger partial charge is 0.222 e. The number of rotatable bonds is 6. The van der Waals surface area contributed by atoms with Gasteiger partial charge in [0.2, 0.25) is 5.91 Å². The van der Waals surface area contributed by atoms with Crippen molar-refractivity contribution in [1.29, 1.82) is 0 Å². The van der Waals surface area contributed by atoms with Gasteiger partial charge in [-0.25, -0.2) is 4.68 Å². The Kier molecular flexibility index (Phi) is 9.29. The molecule has 3 rings (SSSR count). The maximum absolute atomic E-state index is 12.9. The number of aromatic nitrogens is 3. The molecule has 8 heteroatoms. The predicted octanol–water partition coefficient (Wildman–Crippen LogP) is 2.31. The van der Waals surface area contributed by atoms with Crippen molar-refractivity contribution in [3.05, 3.63) is 11.9 Å². The molecular formula is C23H41N5O3. The molecule has 0 aromatic carbocycles. The van der Waals surface area contributed by atoms with Gasteiger partial charge in [-0.15, -0.1) is 5.10 Å². The Morgan fingerprint density at radius 3 is 2.77 bits per heavy atom. The third kappa shape index (κ3) is 6.99. The van der Waals surface area contributed by atoms with Crippen LogP contribution in [0, 0.1) is 11.8 Å².